The van der Waals surface area contributed by atoms with E-state index < -0.39 is 10.8 Å². The summed E-state index contributed by atoms with van der Waals surface area (Å²) in [6.45, 7) is 9.34. The number of hydrogen-bond donors (Lipinski definition) is 1. The smallest absolute Gasteiger partial charge is 0.254 e. The van der Waals surface area contributed by atoms with Crippen molar-refractivity contribution in [1.82, 2.24) is 15.0 Å². The highest BCUT2D eigenvalue weighted by molar-refractivity contribution is 7.86. The van der Waals surface area contributed by atoms with Crippen LogP contribution in [0.2, 0.25) is 0 Å². The molecule has 7 heteroatoms. The molecule has 0 aliphatic carbocycles. The summed E-state index contributed by atoms with van der Waals surface area (Å²) in [6.07, 6.45) is 3.55. The first kappa shape index (κ1) is 18.8. The lowest BCUT2D eigenvalue weighted by Gasteiger charge is -2.41. The molecule has 0 radical (unpaired) electrons. The van der Waals surface area contributed by atoms with Gasteiger partial charge in [-0.2, -0.15) is 0 Å². The molecule has 0 saturated carbocycles. The van der Waals surface area contributed by atoms with Gasteiger partial charge in [0.2, 0.25) is 0 Å². The molecule has 1 saturated heterocycles. The SMILES string of the molecule is CCC1(CC)CN(c2ccc(-c3nc(C)c(C)c(=O)[nH]3)cn2)CCS1=O. The van der Waals surface area contributed by atoms with Gasteiger partial charge in [0, 0.05) is 52.7 Å². The van der Waals surface area contributed by atoms with Gasteiger partial charge in [-0.05, 0) is 38.8 Å². The number of hydrogen-bond acceptors (Lipinski definition) is 5. The maximum Gasteiger partial charge on any atom is 0.254 e. The Morgan fingerprint density at radius 3 is 2.58 bits per heavy atom. The van der Waals surface area contributed by atoms with Crippen LogP contribution in [-0.4, -0.2) is 42.8 Å². The molecule has 3 heterocycles. The number of aryl methyl sites for hydroxylation is 1. The number of aromatic nitrogens is 3. The Balaban J connectivity index is 1.86. The second-order valence-corrected chi connectivity index (χ2v) is 8.86. The molecule has 2 aromatic heterocycles. The average Bonchev–Trinajstić information content (AvgIpc) is 2.66. The third-order valence-electron chi connectivity index (χ3n) is 5.54. The van der Waals surface area contributed by atoms with Gasteiger partial charge in [0.1, 0.15) is 11.6 Å². The van der Waals surface area contributed by atoms with E-state index in [4.69, 9.17) is 0 Å². The fourth-order valence-corrected chi connectivity index (χ4v) is 5.16. The van der Waals surface area contributed by atoms with Crippen molar-refractivity contribution in [1.29, 1.82) is 0 Å². The molecular weight excluding hydrogens is 348 g/mol. The van der Waals surface area contributed by atoms with Gasteiger partial charge in [0.05, 0.1) is 4.75 Å². The average molecular weight is 375 g/mol. The number of nitrogens with zero attached hydrogens (tertiary/aromatic N) is 3. The van der Waals surface area contributed by atoms with E-state index in [0.29, 0.717) is 17.1 Å². The van der Waals surface area contributed by atoms with Crippen molar-refractivity contribution in [2.45, 2.75) is 45.3 Å². The van der Waals surface area contributed by atoms with Crippen LogP contribution in [0.3, 0.4) is 0 Å². The zero-order chi connectivity index (χ0) is 18.9. The minimum absolute atomic E-state index is 0.120. The molecule has 1 aliphatic rings. The first-order chi connectivity index (χ1) is 12.4. The summed E-state index contributed by atoms with van der Waals surface area (Å²) in [6, 6.07) is 3.88. The predicted octanol–water partition coefficient (Wildman–Crippen LogP) is 2.58. The molecule has 26 heavy (non-hydrogen) atoms. The monoisotopic (exact) mass is 374 g/mol. The van der Waals surface area contributed by atoms with Gasteiger partial charge in [-0.1, -0.05) is 13.8 Å². The highest BCUT2D eigenvalue weighted by Gasteiger charge is 2.39. The zero-order valence-corrected chi connectivity index (χ0v) is 16.7. The molecule has 140 valence electrons. The lowest BCUT2D eigenvalue weighted by atomic mass is 10.0. The Labute approximate surface area is 156 Å². The molecule has 2 aromatic rings. The van der Waals surface area contributed by atoms with Crippen molar-refractivity contribution in [2.24, 2.45) is 0 Å². The van der Waals surface area contributed by atoms with Crippen molar-refractivity contribution in [3.8, 4) is 11.4 Å². The summed E-state index contributed by atoms with van der Waals surface area (Å²) in [5, 5.41) is 0. The summed E-state index contributed by atoms with van der Waals surface area (Å²) in [7, 11) is -0.792. The first-order valence-corrected chi connectivity index (χ1v) is 10.4. The summed E-state index contributed by atoms with van der Waals surface area (Å²) >= 11 is 0. The second-order valence-electron chi connectivity index (χ2n) is 6.89. The van der Waals surface area contributed by atoms with Crippen LogP contribution in [0.4, 0.5) is 5.82 Å². The van der Waals surface area contributed by atoms with Crippen LogP contribution < -0.4 is 10.5 Å². The molecule has 0 spiro atoms. The molecule has 1 N–H and O–H groups in total. The van der Waals surface area contributed by atoms with Gasteiger partial charge in [0.15, 0.2) is 0 Å². The quantitative estimate of drug-likeness (QED) is 0.890. The van der Waals surface area contributed by atoms with E-state index in [2.05, 4.69) is 33.7 Å². The van der Waals surface area contributed by atoms with E-state index in [-0.39, 0.29) is 10.3 Å². The van der Waals surface area contributed by atoms with Crippen LogP contribution in [0.1, 0.15) is 37.9 Å². The molecule has 3 rings (SSSR count). The lowest BCUT2D eigenvalue weighted by molar-refractivity contribution is 0.494. The summed E-state index contributed by atoms with van der Waals surface area (Å²) in [5.41, 5.74) is 2.02. The second kappa shape index (κ2) is 7.31. The topological polar surface area (TPSA) is 79.0 Å². The van der Waals surface area contributed by atoms with E-state index in [1.165, 1.54) is 0 Å². The summed E-state index contributed by atoms with van der Waals surface area (Å²) in [5.74, 6) is 2.09. The molecule has 1 fully saturated rings. The van der Waals surface area contributed by atoms with Crippen molar-refractivity contribution in [2.75, 3.05) is 23.7 Å². The number of H-pyrrole nitrogens is 1. The van der Waals surface area contributed by atoms with Gasteiger partial charge in [-0.3, -0.25) is 9.00 Å². The van der Waals surface area contributed by atoms with E-state index >= 15 is 0 Å². The highest BCUT2D eigenvalue weighted by atomic mass is 32.2. The van der Waals surface area contributed by atoms with Crippen LogP contribution in [0.15, 0.2) is 23.1 Å². The molecule has 0 amide bonds. The lowest BCUT2D eigenvalue weighted by Crippen LogP contribution is -2.53. The molecule has 1 unspecified atom stereocenters. The van der Waals surface area contributed by atoms with Crippen molar-refractivity contribution in [3.05, 3.63) is 39.9 Å². The summed E-state index contributed by atoms with van der Waals surface area (Å²) in [4.78, 5) is 26.0. The molecular formula is C19H26N4O2S. The van der Waals surface area contributed by atoms with E-state index in [9.17, 15) is 9.00 Å². The van der Waals surface area contributed by atoms with Crippen LogP contribution >= 0.6 is 0 Å². The van der Waals surface area contributed by atoms with Gasteiger partial charge in [-0.25, -0.2) is 9.97 Å². The third kappa shape index (κ3) is 3.32. The fraction of sp³-hybridized carbons (Fsp3) is 0.526. The number of pyridine rings is 1. The van der Waals surface area contributed by atoms with Crippen molar-refractivity contribution >= 4 is 16.6 Å². The van der Waals surface area contributed by atoms with Gasteiger partial charge in [0.25, 0.3) is 5.56 Å². The van der Waals surface area contributed by atoms with E-state index in [1.807, 2.05) is 19.1 Å². The third-order valence-corrected chi connectivity index (χ3v) is 7.76. The Hall–Kier alpha value is -2.02. The van der Waals surface area contributed by atoms with E-state index in [0.717, 1.165) is 43.0 Å². The van der Waals surface area contributed by atoms with Gasteiger partial charge in [-0.15, -0.1) is 0 Å². The maximum absolute atomic E-state index is 12.5. The van der Waals surface area contributed by atoms with Gasteiger partial charge >= 0.3 is 0 Å². The van der Waals surface area contributed by atoms with Crippen LogP contribution in [0.25, 0.3) is 11.4 Å². The minimum atomic E-state index is -0.792. The Morgan fingerprint density at radius 1 is 1.27 bits per heavy atom. The predicted molar refractivity (Wildman–Crippen MR) is 106 cm³/mol. The molecule has 0 bridgehead atoms. The largest absolute Gasteiger partial charge is 0.354 e. The van der Waals surface area contributed by atoms with Crippen LogP contribution in [0.5, 0.6) is 0 Å². The maximum atomic E-state index is 12.5. The Morgan fingerprint density at radius 2 is 2.00 bits per heavy atom. The number of anilines is 1. The molecule has 0 aromatic carbocycles. The van der Waals surface area contributed by atoms with E-state index in [1.54, 1.807) is 13.1 Å². The normalized spacial score (nSPS) is 19.5. The number of nitrogens with one attached hydrogen (secondary N) is 1. The summed E-state index contributed by atoms with van der Waals surface area (Å²) < 4.78 is 12.4. The Bertz CT molecular complexity index is 872. The van der Waals surface area contributed by atoms with Gasteiger partial charge < -0.3 is 9.88 Å². The molecule has 1 aliphatic heterocycles. The first-order valence-electron chi connectivity index (χ1n) is 9.07. The van der Waals surface area contributed by atoms with Crippen molar-refractivity contribution < 1.29 is 4.21 Å². The Kier molecular flexibility index (Phi) is 5.27. The zero-order valence-electron chi connectivity index (χ0n) is 15.8. The minimum Gasteiger partial charge on any atom is -0.354 e. The standard InChI is InChI=1S/C19H26N4O2S/c1-5-19(6-2)12-23(9-10-26(19)25)16-8-7-15(11-20-16)17-21-14(4)13(3)18(24)22-17/h7-8,11H,5-6,9-10,12H2,1-4H3,(H,21,22,24). The van der Waals surface area contributed by atoms with Crippen LogP contribution in [0, 0.1) is 13.8 Å². The fourth-order valence-electron chi connectivity index (χ4n) is 3.39. The highest BCUT2D eigenvalue weighted by Crippen LogP contribution is 2.31. The van der Waals surface area contributed by atoms with Crippen molar-refractivity contribution in [3.63, 3.8) is 0 Å². The molecule has 6 nitrogen and oxygen atoms in total. The number of aromatic amines is 1. The molecule has 1 atom stereocenters. The number of rotatable bonds is 4. The van der Waals surface area contributed by atoms with Crippen LogP contribution in [-0.2, 0) is 10.8 Å².